The van der Waals surface area contributed by atoms with Crippen LogP contribution in [0, 0.1) is 12.7 Å². The summed E-state index contributed by atoms with van der Waals surface area (Å²) in [6.07, 6.45) is 1.07. The van der Waals surface area contributed by atoms with Crippen molar-refractivity contribution in [2.45, 2.75) is 30.7 Å². The number of amides is 1. The molecule has 1 heterocycles. The van der Waals surface area contributed by atoms with Gasteiger partial charge in [0.05, 0.1) is 4.90 Å². The Morgan fingerprint density at radius 3 is 2.40 bits per heavy atom. The van der Waals surface area contributed by atoms with E-state index in [1.54, 1.807) is 24.3 Å². The second-order valence-electron chi connectivity index (χ2n) is 6.08. The van der Waals surface area contributed by atoms with Crippen molar-refractivity contribution in [3.63, 3.8) is 0 Å². The van der Waals surface area contributed by atoms with Crippen LogP contribution in [-0.2, 0) is 14.8 Å². The summed E-state index contributed by atoms with van der Waals surface area (Å²) in [6, 6.07) is 11.2. The fourth-order valence-electron chi connectivity index (χ4n) is 2.89. The number of sulfonamides is 1. The first-order valence-corrected chi connectivity index (χ1v) is 9.47. The predicted molar refractivity (Wildman–Crippen MR) is 93.1 cm³/mol. The summed E-state index contributed by atoms with van der Waals surface area (Å²) in [5.41, 5.74) is 1.40. The van der Waals surface area contributed by atoms with E-state index in [0.29, 0.717) is 25.1 Å². The van der Waals surface area contributed by atoms with Gasteiger partial charge in [-0.15, -0.1) is 0 Å². The zero-order valence-corrected chi connectivity index (χ0v) is 14.6. The Morgan fingerprint density at radius 2 is 1.76 bits per heavy atom. The van der Waals surface area contributed by atoms with Crippen LogP contribution in [0.3, 0.4) is 0 Å². The zero-order valence-electron chi connectivity index (χ0n) is 13.8. The molecule has 1 saturated heterocycles. The van der Waals surface area contributed by atoms with Crippen molar-refractivity contribution in [1.82, 2.24) is 4.31 Å². The van der Waals surface area contributed by atoms with Gasteiger partial charge in [0.2, 0.25) is 15.9 Å². The molecule has 1 aliphatic heterocycles. The van der Waals surface area contributed by atoms with E-state index < -0.39 is 27.8 Å². The highest BCUT2D eigenvalue weighted by Crippen LogP contribution is 2.27. The number of anilines is 1. The van der Waals surface area contributed by atoms with E-state index in [0.717, 1.165) is 5.56 Å². The van der Waals surface area contributed by atoms with E-state index in [-0.39, 0.29) is 4.90 Å². The van der Waals surface area contributed by atoms with Crippen molar-refractivity contribution < 1.29 is 17.6 Å². The normalized spacial score (nSPS) is 18.2. The maximum atomic E-state index is 13.0. The molecule has 0 saturated carbocycles. The van der Waals surface area contributed by atoms with E-state index >= 15 is 0 Å². The predicted octanol–water partition coefficient (Wildman–Crippen LogP) is 2.93. The molecule has 7 heteroatoms. The van der Waals surface area contributed by atoms with Crippen molar-refractivity contribution in [2.24, 2.45) is 0 Å². The molecule has 0 bridgehead atoms. The van der Waals surface area contributed by atoms with Crippen LogP contribution in [0.15, 0.2) is 53.4 Å². The number of hydrogen-bond acceptors (Lipinski definition) is 3. The highest BCUT2D eigenvalue weighted by molar-refractivity contribution is 7.89. The topological polar surface area (TPSA) is 66.5 Å². The Kier molecular flexibility index (Phi) is 4.87. The van der Waals surface area contributed by atoms with Crippen molar-refractivity contribution in [3.05, 3.63) is 59.9 Å². The number of halogens is 1. The summed E-state index contributed by atoms with van der Waals surface area (Å²) in [5.74, 6) is -0.803. The molecule has 1 N–H and O–H groups in total. The minimum Gasteiger partial charge on any atom is -0.325 e. The van der Waals surface area contributed by atoms with Crippen LogP contribution in [0.5, 0.6) is 0 Å². The van der Waals surface area contributed by atoms with Gasteiger partial charge in [0.1, 0.15) is 11.9 Å². The van der Waals surface area contributed by atoms with Gasteiger partial charge in [0.15, 0.2) is 0 Å². The van der Waals surface area contributed by atoms with E-state index in [1.807, 2.05) is 6.92 Å². The maximum Gasteiger partial charge on any atom is 0.243 e. The van der Waals surface area contributed by atoms with Crippen molar-refractivity contribution in [2.75, 3.05) is 11.9 Å². The molecule has 1 unspecified atom stereocenters. The third-order valence-corrected chi connectivity index (χ3v) is 6.17. The lowest BCUT2D eigenvalue weighted by molar-refractivity contribution is -0.119. The van der Waals surface area contributed by atoms with Gasteiger partial charge in [-0.2, -0.15) is 4.31 Å². The molecule has 2 aromatic carbocycles. The van der Waals surface area contributed by atoms with Gasteiger partial charge in [-0.05, 0) is 56.2 Å². The SMILES string of the molecule is Cc1ccc(S(=O)(=O)N2CCCC2C(=O)Nc2ccc(F)cc2)cc1. The van der Waals surface area contributed by atoms with Crippen LogP contribution < -0.4 is 5.32 Å². The molecule has 1 aliphatic rings. The monoisotopic (exact) mass is 362 g/mol. The first-order valence-electron chi connectivity index (χ1n) is 8.03. The Morgan fingerprint density at radius 1 is 1.12 bits per heavy atom. The molecule has 0 radical (unpaired) electrons. The lowest BCUT2D eigenvalue weighted by Crippen LogP contribution is -2.43. The maximum absolute atomic E-state index is 13.0. The number of carbonyl (C=O) groups excluding carboxylic acids is 1. The third kappa shape index (κ3) is 3.72. The van der Waals surface area contributed by atoms with Gasteiger partial charge in [-0.3, -0.25) is 4.79 Å². The number of hydrogen-bond donors (Lipinski definition) is 1. The minimum absolute atomic E-state index is 0.180. The number of benzene rings is 2. The number of rotatable bonds is 4. The highest BCUT2D eigenvalue weighted by atomic mass is 32.2. The summed E-state index contributed by atoms with van der Waals surface area (Å²) in [7, 11) is -3.74. The molecule has 0 aliphatic carbocycles. The van der Waals surface area contributed by atoms with Crippen LogP contribution in [0.4, 0.5) is 10.1 Å². The molecule has 5 nitrogen and oxygen atoms in total. The molecule has 25 heavy (non-hydrogen) atoms. The van der Waals surface area contributed by atoms with Gasteiger partial charge < -0.3 is 5.32 Å². The fourth-order valence-corrected chi connectivity index (χ4v) is 4.55. The quantitative estimate of drug-likeness (QED) is 0.909. The molecular weight excluding hydrogens is 343 g/mol. The van der Waals surface area contributed by atoms with Gasteiger partial charge in [-0.1, -0.05) is 17.7 Å². The van der Waals surface area contributed by atoms with Crippen LogP contribution in [0.2, 0.25) is 0 Å². The van der Waals surface area contributed by atoms with Gasteiger partial charge in [0, 0.05) is 12.2 Å². The fraction of sp³-hybridized carbons (Fsp3) is 0.278. The molecule has 0 spiro atoms. The largest absolute Gasteiger partial charge is 0.325 e. The van der Waals surface area contributed by atoms with Gasteiger partial charge in [0.25, 0.3) is 0 Å². The summed E-state index contributed by atoms with van der Waals surface area (Å²) in [6.45, 7) is 2.18. The average Bonchev–Trinajstić information content (AvgIpc) is 3.08. The molecule has 1 fully saturated rings. The Hall–Kier alpha value is -2.25. The highest BCUT2D eigenvalue weighted by Gasteiger charge is 2.39. The molecule has 1 amide bonds. The van der Waals surface area contributed by atoms with Gasteiger partial charge in [-0.25, -0.2) is 12.8 Å². The van der Waals surface area contributed by atoms with Crippen LogP contribution in [0.25, 0.3) is 0 Å². The summed E-state index contributed by atoms with van der Waals surface area (Å²) in [4.78, 5) is 12.7. The van der Waals surface area contributed by atoms with E-state index in [9.17, 15) is 17.6 Å². The molecule has 2 aromatic rings. The van der Waals surface area contributed by atoms with E-state index in [4.69, 9.17) is 0 Å². The minimum atomic E-state index is -3.74. The van der Waals surface area contributed by atoms with Gasteiger partial charge >= 0.3 is 0 Å². The summed E-state index contributed by atoms with van der Waals surface area (Å²) >= 11 is 0. The number of nitrogens with one attached hydrogen (secondary N) is 1. The first kappa shape index (κ1) is 17.6. The molecule has 132 valence electrons. The standard InChI is InChI=1S/C18H19FN2O3S/c1-13-4-10-16(11-5-13)25(23,24)21-12-2-3-17(21)18(22)20-15-8-6-14(19)7-9-15/h4-11,17H,2-3,12H2,1H3,(H,20,22). The smallest absolute Gasteiger partial charge is 0.243 e. The van der Waals surface area contributed by atoms with Crippen molar-refractivity contribution >= 4 is 21.6 Å². The molecule has 3 rings (SSSR count). The van der Waals surface area contributed by atoms with Crippen LogP contribution >= 0.6 is 0 Å². The number of carbonyl (C=O) groups is 1. The number of nitrogens with zero attached hydrogens (tertiary/aromatic N) is 1. The lowest BCUT2D eigenvalue weighted by atomic mass is 10.2. The first-order chi connectivity index (χ1) is 11.9. The summed E-state index contributed by atoms with van der Waals surface area (Å²) in [5, 5.41) is 2.66. The van der Waals surface area contributed by atoms with Crippen LogP contribution in [-0.4, -0.2) is 31.2 Å². The van der Waals surface area contributed by atoms with Crippen molar-refractivity contribution in [3.8, 4) is 0 Å². The van der Waals surface area contributed by atoms with E-state index in [1.165, 1.54) is 28.6 Å². The number of aryl methyl sites for hydroxylation is 1. The van der Waals surface area contributed by atoms with Crippen molar-refractivity contribution in [1.29, 1.82) is 0 Å². The average molecular weight is 362 g/mol. The Labute approximate surface area is 146 Å². The zero-order chi connectivity index (χ0) is 18.0. The van der Waals surface area contributed by atoms with E-state index in [2.05, 4.69) is 5.32 Å². The molecular formula is C18H19FN2O3S. The third-order valence-electron chi connectivity index (χ3n) is 4.25. The summed E-state index contributed by atoms with van der Waals surface area (Å²) < 4.78 is 39.9. The lowest BCUT2D eigenvalue weighted by Gasteiger charge is -2.23. The second kappa shape index (κ2) is 6.93. The molecule has 1 atom stereocenters. The molecule has 0 aromatic heterocycles. The Balaban J connectivity index is 1.80. The second-order valence-corrected chi connectivity index (χ2v) is 7.97. The Bertz CT molecular complexity index is 864. The van der Waals surface area contributed by atoms with Crippen LogP contribution in [0.1, 0.15) is 18.4 Å².